The van der Waals surface area contributed by atoms with E-state index in [1.165, 1.54) is 31.3 Å². The molecule has 1 aromatic carbocycles. The van der Waals surface area contributed by atoms with Crippen LogP contribution < -0.4 is 10.2 Å². The van der Waals surface area contributed by atoms with Crippen LogP contribution in [0.1, 0.15) is 10.4 Å². The minimum Gasteiger partial charge on any atom is -0.478 e. The summed E-state index contributed by atoms with van der Waals surface area (Å²) in [5.74, 6) is -1.13. The smallest absolute Gasteiger partial charge is 0.405 e. The number of benzene rings is 1. The summed E-state index contributed by atoms with van der Waals surface area (Å²) in [5.41, 5.74) is 0.303. The van der Waals surface area contributed by atoms with Crippen molar-refractivity contribution in [2.24, 2.45) is 0 Å². The van der Waals surface area contributed by atoms with Gasteiger partial charge in [0.15, 0.2) is 0 Å². The molecule has 0 aliphatic rings. The molecule has 0 atom stereocenters. The molecular weight excluding hydrogens is 265 g/mol. The Labute approximate surface area is 106 Å². The maximum atomic E-state index is 11.9. The third kappa shape index (κ3) is 4.49. The highest BCUT2D eigenvalue weighted by molar-refractivity contribution is 5.93. The number of amides is 2. The van der Waals surface area contributed by atoms with Gasteiger partial charge in [-0.1, -0.05) is 0 Å². The van der Waals surface area contributed by atoms with Gasteiger partial charge in [0.1, 0.15) is 6.54 Å². The lowest BCUT2D eigenvalue weighted by molar-refractivity contribution is -0.122. The number of carboxylic acid groups (broad SMARTS) is 1. The van der Waals surface area contributed by atoms with Crippen molar-refractivity contribution >= 4 is 17.7 Å². The lowest BCUT2D eigenvalue weighted by atomic mass is 10.2. The number of rotatable bonds is 3. The molecular formula is C11H11F3N2O3. The van der Waals surface area contributed by atoms with Crippen LogP contribution in [0.2, 0.25) is 0 Å². The number of hydrogen-bond acceptors (Lipinski definition) is 2. The molecule has 2 N–H and O–H groups in total. The molecule has 2 amide bonds. The maximum absolute atomic E-state index is 11.9. The normalized spacial score (nSPS) is 10.9. The summed E-state index contributed by atoms with van der Waals surface area (Å²) in [7, 11) is 1.28. The number of carbonyl (C=O) groups excluding carboxylic acids is 1. The fraction of sp³-hybridized carbons (Fsp3) is 0.273. The van der Waals surface area contributed by atoms with E-state index in [0.717, 1.165) is 4.90 Å². The van der Waals surface area contributed by atoms with Crippen molar-refractivity contribution in [3.8, 4) is 0 Å². The van der Waals surface area contributed by atoms with Gasteiger partial charge >= 0.3 is 18.2 Å². The lowest BCUT2D eigenvalue weighted by Gasteiger charge is -2.18. The fourth-order valence-corrected chi connectivity index (χ4v) is 1.24. The van der Waals surface area contributed by atoms with Crippen LogP contribution in [0.5, 0.6) is 0 Å². The van der Waals surface area contributed by atoms with Crippen molar-refractivity contribution < 1.29 is 27.9 Å². The van der Waals surface area contributed by atoms with Crippen LogP contribution in [-0.2, 0) is 0 Å². The first-order valence-corrected chi connectivity index (χ1v) is 5.12. The van der Waals surface area contributed by atoms with E-state index in [-0.39, 0.29) is 11.3 Å². The molecule has 0 bridgehead atoms. The molecule has 8 heteroatoms. The molecule has 0 aliphatic heterocycles. The van der Waals surface area contributed by atoms with E-state index in [0.29, 0.717) is 0 Å². The molecule has 104 valence electrons. The molecule has 1 aromatic rings. The van der Waals surface area contributed by atoms with Gasteiger partial charge < -0.3 is 10.4 Å². The highest BCUT2D eigenvalue weighted by Gasteiger charge is 2.28. The summed E-state index contributed by atoms with van der Waals surface area (Å²) >= 11 is 0. The molecule has 0 spiro atoms. The summed E-state index contributed by atoms with van der Waals surface area (Å²) in [6.07, 6.45) is -4.48. The Morgan fingerprint density at radius 3 is 2.21 bits per heavy atom. The summed E-state index contributed by atoms with van der Waals surface area (Å²) < 4.78 is 35.8. The lowest BCUT2D eigenvalue weighted by Crippen LogP contribution is -2.41. The molecule has 0 aromatic heterocycles. The molecule has 19 heavy (non-hydrogen) atoms. The Morgan fingerprint density at radius 2 is 1.79 bits per heavy atom. The summed E-state index contributed by atoms with van der Waals surface area (Å²) in [5, 5.41) is 10.4. The van der Waals surface area contributed by atoms with E-state index in [1.54, 1.807) is 5.32 Å². The number of carboxylic acids is 1. The second-order valence-corrected chi connectivity index (χ2v) is 3.68. The van der Waals surface area contributed by atoms with Crippen molar-refractivity contribution in [3.05, 3.63) is 29.8 Å². The number of nitrogens with one attached hydrogen (secondary N) is 1. The van der Waals surface area contributed by atoms with Crippen molar-refractivity contribution in [2.45, 2.75) is 6.18 Å². The van der Waals surface area contributed by atoms with Gasteiger partial charge in [-0.3, -0.25) is 4.90 Å². The van der Waals surface area contributed by atoms with Gasteiger partial charge in [-0.05, 0) is 24.3 Å². The van der Waals surface area contributed by atoms with Gasteiger partial charge in [0.25, 0.3) is 0 Å². The largest absolute Gasteiger partial charge is 0.478 e. The predicted octanol–water partition coefficient (Wildman–Crippen LogP) is 2.09. The van der Waals surface area contributed by atoms with Crippen molar-refractivity contribution in [3.63, 3.8) is 0 Å². The van der Waals surface area contributed by atoms with Crippen LogP contribution in [0.4, 0.5) is 23.7 Å². The Hall–Kier alpha value is -2.25. The summed E-state index contributed by atoms with van der Waals surface area (Å²) in [6, 6.07) is 4.24. The highest BCUT2D eigenvalue weighted by atomic mass is 19.4. The number of halogens is 3. The Kier molecular flexibility index (Phi) is 4.36. The quantitative estimate of drug-likeness (QED) is 0.888. The zero-order valence-corrected chi connectivity index (χ0v) is 9.86. The van der Waals surface area contributed by atoms with Crippen LogP contribution in [0.25, 0.3) is 0 Å². The first-order chi connectivity index (χ1) is 8.70. The van der Waals surface area contributed by atoms with Crippen molar-refractivity contribution in [1.29, 1.82) is 0 Å². The van der Waals surface area contributed by atoms with Gasteiger partial charge in [0.05, 0.1) is 5.56 Å². The van der Waals surface area contributed by atoms with E-state index in [4.69, 9.17) is 5.11 Å². The second-order valence-electron chi connectivity index (χ2n) is 3.68. The number of urea groups is 1. The van der Waals surface area contributed by atoms with Gasteiger partial charge in [0.2, 0.25) is 0 Å². The molecule has 5 nitrogen and oxygen atoms in total. The van der Waals surface area contributed by atoms with Crippen molar-refractivity contribution in [1.82, 2.24) is 5.32 Å². The SMILES string of the molecule is CN(C(=O)NCC(F)(F)F)c1ccc(C(=O)O)cc1. The summed E-state index contributed by atoms with van der Waals surface area (Å²) in [4.78, 5) is 23.0. The molecule has 1 rings (SSSR count). The van der Waals surface area contributed by atoms with Gasteiger partial charge in [-0.15, -0.1) is 0 Å². The molecule has 0 aliphatic carbocycles. The molecule has 0 saturated heterocycles. The number of carbonyl (C=O) groups is 2. The summed E-state index contributed by atoms with van der Waals surface area (Å²) in [6.45, 7) is -1.43. The topological polar surface area (TPSA) is 69.6 Å². The van der Waals surface area contributed by atoms with Crippen LogP contribution in [0, 0.1) is 0 Å². The number of alkyl halides is 3. The Balaban J connectivity index is 2.69. The Bertz CT molecular complexity index is 471. The van der Waals surface area contributed by atoms with E-state index >= 15 is 0 Å². The third-order valence-corrected chi connectivity index (χ3v) is 2.25. The van der Waals surface area contributed by atoms with Crippen LogP contribution >= 0.6 is 0 Å². The van der Waals surface area contributed by atoms with E-state index in [2.05, 4.69) is 0 Å². The average Bonchev–Trinajstić information content (AvgIpc) is 2.34. The number of anilines is 1. The zero-order valence-electron chi connectivity index (χ0n) is 9.86. The van der Waals surface area contributed by atoms with Crippen LogP contribution in [0.15, 0.2) is 24.3 Å². The molecule has 0 unspecified atom stereocenters. The minimum atomic E-state index is -4.48. The average molecular weight is 276 g/mol. The molecule has 0 radical (unpaired) electrons. The number of aromatic carboxylic acids is 1. The standard InChI is InChI=1S/C11H11F3N2O3/c1-16(10(19)15-6-11(12,13)14)8-4-2-7(3-5-8)9(17)18/h2-5H,6H2,1H3,(H,15,19)(H,17,18). The van der Waals surface area contributed by atoms with Gasteiger partial charge in [-0.25, -0.2) is 9.59 Å². The molecule has 0 saturated carbocycles. The molecule has 0 heterocycles. The highest BCUT2D eigenvalue weighted by Crippen LogP contribution is 2.15. The van der Waals surface area contributed by atoms with Crippen LogP contribution in [0.3, 0.4) is 0 Å². The monoisotopic (exact) mass is 276 g/mol. The second kappa shape index (κ2) is 5.59. The first-order valence-electron chi connectivity index (χ1n) is 5.12. The molecule has 0 fully saturated rings. The van der Waals surface area contributed by atoms with E-state index in [1.807, 2.05) is 0 Å². The van der Waals surface area contributed by atoms with Crippen LogP contribution in [-0.4, -0.2) is 36.9 Å². The maximum Gasteiger partial charge on any atom is 0.405 e. The van der Waals surface area contributed by atoms with Gasteiger partial charge in [-0.2, -0.15) is 13.2 Å². The van der Waals surface area contributed by atoms with Gasteiger partial charge in [0, 0.05) is 12.7 Å². The van der Waals surface area contributed by atoms with E-state index < -0.39 is 24.7 Å². The number of nitrogens with zero attached hydrogens (tertiary/aromatic N) is 1. The first kappa shape index (κ1) is 14.8. The van der Waals surface area contributed by atoms with Crippen molar-refractivity contribution in [2.75, 3.05) is 18.5 Å². The fourth-order valence-electron chi connectivity index (χ4n) is 1.24. The number of hydrogen-bond donors (Lipinski definition) is 2. The Morgan fingerprint density at radius 1 is 1.26 bits per heavy atom. The predicted molar refractivity (Wildman–Crippen MR) is 61.3 cm³/mol. The zero-order chi connectivity index (χ0) is 14.6. The minimum absolute atomic E-state index is 0.0212. The van der Waals surface area contributed by atoms with E-state index in [9.17, 15) is 22.8 Å². The third-order valence-electron chi connectivity index (χ3n) is 2.25.